The van der Waals surface area contributed by atoms with Crippen molar-refractivity contribution in [2.75, 3.05) is 6.54 Å². The van der Waals surface area contributed by atoms with E-state index in [-0.39, 0.29) is 0 Å². The van der Waals surface area contributed by atoms with E-state index in [9.17, 15) is 0 Å². The highest BCUT2D eigenvalue weighted by Gasteiger charge is 2.36. The minimum absolute atomic E-state index is 0.739. The molecule has 0 aliphatic heterocycles. The molecular weight excluding hydrogens is 214 g/mol. The van der Waals surface area contributed by atoms with Crippen LogP contribution in [-0.2, 0) is 0 Å². The van der Waals surface area contributed by atoms with Crippen LogP contribution in [0.15, 0.2) is 28.7 Å². The predicted molar refractivity (Wildman–Crippen MR) is 54.0 cm³/mol. The van der Waals surface area contributed by atoms with Crippen molar-refractivity contribution in [1.82, 2.24) is 0 Å². The molecule has 0 heterocycles. The minimum atomic E-state index is 0.739. The van der Waals surface area contributed by atoms with Crippen LogP contribution in [-0.4, -0.2) is 6.54 Å². The van der Waals surface area contributed by atoms with Crippen LogP contribution in [0, 0.1) is 5.92 Å². The zero-order valence-corrected chi connectivity index (χ0v) is 8.42. The largest absolute Gasteiger partial charge is 0.330 e. The van der Waals surface area contributed by atoms with Gasteiger partial charge in [-0.2, -0.15) is 0 Å². The minimum Gasteiger partial charge on any atom is -0.330 e. The Morgan fingerprint density at radius 3 is 2.50 bits per heavy atom. The van der Waals surface area contributed by atoms with Crippen LogP contribution in [0.25, 0.3) is 0 Å². The van der Waals surface area contributed by atoms with E-state index in [1.54, 1.807) is 0 Å². The molecular formula is C10H12BrN. The lowest BCUT2D eigenvalue weighted by Gasteiger charge is -1.98. The van der Waals surface area contributed by atoms with Crippen molar-refractivity contribution < 1.29 is 0 Å². The molecule has 1 aromatic rings. The van der Waals surface area contributed by atoms with Gasteiger partial charge in [0.1, 0.15) is 0 Å². The summed E-state index contributed by atoms with van der Waals surface area (Å²) in [5, 5.41) is 0. The van der Waals surface area contributed by atoms with Gasteiger partial charge >= 0.3 is 0 Å². The lowest BCUT2D eigenvalue weighted by Crippen LogP contribution is -2.01. The topological polar surface area (TPSA) is 26.0 Å². The summed E-state index contributed by atoms with van der Waals surface area (Å²) in [5.41, 5.74) is 7.02. The second-order valence-electron chi connectivity index (χ2n) is 3.39. The number of benzene rings is 1. The molecule has 1 nitrogen and oxygen atoms in total. The zero-order chi connectivity index (χ0) is 8.55. The van der Waals surface area contributed by atoms with E-state index in [1.165, 1.54) is 12.0 Å². The Morgan fingerprint density at radius 1 is 1.33 bits per heavy atom. The van der Waals surface area contributed by atoms with Gasteiger partial charge in [-0.05, 0) is 42.5 Å². The summed E-state index contributed by atoms with van der Waals surface area (Å²) in [5.74, 6) is 1.48. The molecule has 1 aliphatic carbocycles. The Balaban J connectivity index is 2.10. The Bertz CT molecular complexity index is 268. The summed E-state index contributed by atoms with van der Waals surface area (Å²) < 4.78 is 1.15. The van der Waals surface area contributed by atoms with E-state index in [1.807, 2.05) is 0 Å². The maximum absolute atomic E-state index is 5.58. The van der Waals surface area contributed by atoms with Gasteiger partial charge in [0.25, 0.3) is 0 Å². The van der Waals surface area contributed by atoms with Crippen molar-refractivity contribution in [2.45, 2.75) is 12.3 Å². The summed E-state index contributed by atoms with van der Waals surface area (Å²) in [6.45, 7) is 0.834. The first-order valence-electron chi connectivity index (χ1n) is 4.27. The molecule has 0 saturated heterocycles. The Hall–Kier alpha value is -0.340. The lowest BCUT2D eigenvalue weighted by atomic mass is 10.1. The van der Waals surface area contributed by atoms with Gasteiger partial charge in [-0.3, -0.25) is 0 Å². The highest BCUT2D eigenvalue weighted by Crippen LogP contribution is 2.46. The fourth-order valence-corrected chi connectivity index (χ4v) is 1.89. The van der Waals surface area contributed by atoms with Gasteiger partial charge in [-0.1, -0.05) is 28.1 Å². The average molecular weight is 226 g/mol. The summed E-state index contributed by atoms with van der Waals surface area (Å²) >= 11 is 3.42. The van der Waals surface area contributed by atoms with Crippen LogP contribution in [0.5, 0.6) is 0 Å². The number of nitrogens with two attached hydrogens (primary N) is 1. The van der Waals surface area contributed by atoms with Crippen molar-refractivity contribution >= 4 is 15.9 Å². The predicted octanol–water partition coefficient (Wildman–Crippen LogP) is 2.51. The van der Waals surface area contributed by atoms with Crippen molar-refractivity contribution in [3.63, 3.8) is 0 Å². The molecule has 64 valence electrons. The maximum atomic E-state index is 5.58. The Morgan fingerprint density at radius 2 is 2.00 bits per heavy atom. The normalized spacial score (nSPS) is 27.2. The van der Waals surface area contributed by atoms with E-state index in [4.69, 9.17) is 5.73 Å². The average Bonchev–Trinajstić information content (AvgIpc) is 2.85. The number of rotatable bonds is 2. The van der Waals surface area contributed by atoms with Crippen LogP contribution in [0.3, 0.4) is 0 Å². The van der Waals surface area contributed by atoms with Crippen LogP contribution < -0.4 is 5.73 Å². The van der Waals surface area contributed by atoms with Crippen molar-refractivity contribution in [3.05, 3.63) is 34.3 Å². The second-order valence-corrected chi connectivity index (χ2v) is 4.31. The van der Waals surface area contributed by atoms with Crippen LogP contribution in [0.4, 0.5) is 0 Å². The molecule has 0 unspecified atom stereocenters. The van der Waals surface area contributed by atoms with Gasteiger partial charge in [0.05, 0.1) is 0 Å². The molecule has 1 saturated carbocycles. The summed E-state index contributed by atoms with van der Waals surface area (Å²) in [6.07, 6.45) is 1.28. The molecule has 0 radical (unpaired) electrons. The van der Waals surface area contributed by atoms with E-state index in [0.29, 0.717) is 0 Å². The quantitative estimate of drug-likeness (QED) is 0.823. The lowest BCUT2D eigenvalue weighted by molar-refractivity contribution is 0.809. The fourth-order valence-electron chi connectivity index (χ4n) is 1.63. The van der Waals surface area contributed by atoms with Gasteiger partial charge in [0.15, 0.2) is 0 Å². The Kier molecular flexibility index (Phi) is 2.20. The molecule has 0 aromatic heterocycles. The molecule has 2 N–H and O–H groups in total. The van der Waals surface area contributed by atoms with E-state index in [0.717, 1.165) is 22.9 Å². The molecule has 12 heavy (non-hydrogen) atoms. The summed E-state index contributed by atoms with van der Waals surface area (Å²) in [7, 11) is 0. The van der Waals surface area contributed by atoms with E-state index < -0.39 is 0 Å². The van der Waals surface area contributed by atoms with Crippen LogP contribution >= 0.6 is 15.9 Å². The molecule has 2 atom stereocenters. The third-order valence-corrected chi connectivity index (χ3v) is 3.05. The third-order valence-electron chi connectivity index (χ3n) is 2.52. The van der Waals surface area contributed by atoms with Crippen molar-refractivity contribution in [3.8, 4) is 0 Å². The highest BCUT2D eigenvalue weighted by atomic mass is 79.9. The zero-order valence-electron chi connectivity index (χ0n) is 6.83. The van der Waals surface area contributed by atoms with Gasteiger partial charge in [-0.15, -0.1) is 0 Å². The standard InChI is InChI=1S/C10H12BrN/c11-9-3-1-7(2-4-9)10-5-8(10)6-12/h1-4,8,10H,5-6,12H2/t8-,10-/m0/s1. The van der Waals surface area contributed by atoms with Gasteiger partial charge < -0.3 is 5.73 Å². The van der Waals surface area contributed by atoms with Crippen LogP contribution in [0.1, 0.15) is 17.9 Å². The van der Waals surface area contributed by atoms with E-state index >= 15 is 0 Å². The second kappa shape index (κ2) is 3.19. The molecule has 1 aliphatic rings. The first-order valence-corrected chi connectivity index (χ1v) is 5.06. The van der Waals surface area contributed by atoms with Gasteiger partial charge in [0.2, 0.25) is 0 Å². The number of halogens is 1. The van der Waals surface area contributed by atoms with Gasteiger partial charge in [-0.25, -0.2) is 0 Å². The third kappa shape index (κ3) is 1.54. The molecule has 0 bridgehead atoms. The molecule has 0 spiro atoms. The number of hydrogen-bond acceptors (Lipinski definition) is 1. The monoisotopic (exact) mass is 225 g/mol. The van der Waals surface area contributed by atoms with E-state index in [2.05, 4.69) is 40.2 Å². The first-order chi connectivity index (χ1) is 5.81. The molecule has 2 rings (SSSR count). The fraction of sp³-hybridized carbons (Fsp3) is 0.400. The Labute approximate surface area is 81.1 Å². The highest BCUT2D eigenvalue weighted by molar-refractivity contribution is 9.10. The smallest absolute Gasteiger partial charge is 0.0175 e. The van der Waals surface area contributed by atoms with Crippen molar-refractivity contribution in [2.24, 2.45) is 11.7 Å². The molecule has 1 aromatic carbocycles. The molecule has 0 amide bonds. The van der Waals surface area contributed by atoms with Gasteiger partial charge in [0, 0.05) is 4.47 Å². The van der Waals surface area contributed by atoms with Crippen LogP contribution in [0.2, 0.25) is 0 Å². The molecule has 1 fully saturated rings. The summed E-state index contributed by atoms with van der Waals surface area (Å²) in [4.78, 5) is 0. The SMILES string of the molecule is NC[C@@H]1C[C@H]1c1ccc(Br)cc1. The molecule has 2 heteroatoms. The summed E-state index contributed by atoms with van der Waals surface area (Å²) in [6, 6.07) is 8.57. The maximum Gasteiger partial charge on any atom is 0.0175 e. The number of hydrogen-bond donors (Lipinski definition) is 1. The van der Waals surface area contributed by atoms with Crippen molar-refractivity contribution in [1.29, 1.82) is 0 Å². The first kappa shape index (κ1) is 8.27.